The summed E-state index contributed by atoms with van der Waals surface area (Å²) in [5, 5.41) is 17.7. The molecular weight excluding hydrogens is 786 g/mol. The van der Waals surface area contributed by atoms with Crippen LogP contribution in [0.3, 0.4) is 0 Å². The lowest BCUT2D eigenvalue weighted by Crippen LogP contribution is -2.54. The van der Waals surface area contributed by atoms with E-state index < -0.39 is 34.8 Å². The van der Waals surface area contributed by atoms with Gasteiger partial charge in [0, 0.05) is 55.7 Å². The van der Waals surface area contributed by atoms with Gasteiger partial charge in [0.1, 0.15) is 23.9 Å². The van der Waals surface area contributed by atoms with E-state index in [1.54, 1.807) is 49.1 Å². The van der Waals surface area contributed by atoms with Crippen molar-refractivity contribution in [1.82, 2.24) is 15.1 Å². The lowest BCUT2D eigenvalue weighted by atomic mass is 10.0. The van der Waals surface area contributed by atoms with Gasteiger partial charge in [0.05, 0.1) is 29.4 Å². The van der Waals surface area contributed by atoms with Gasteiger partial charge in [0.2, 0.25) is 17.7 Å². The molecule has 1 saturated carbocycles. The highest BCUT2D eigenvalue weighted by molar-refractivity contribution is 7.81. The van der Waals surface area contributed by atoms with E-state index in [2.05, 4.69) is 32.7 Å². The Labute approximate surface area is 345 Å². The third kappa shape index (κ3) is 9.04. The zero-order valence-electron chi connectivity index (χ0n) is 32.9. The maximum Gasteiger partial charge on any atom is 0.417 e. The number of anilines is 4. The van der Waals surface area contributed by atoms with Crippen molar-refractivity contribution in [3.63, 3.8) is 0 Å². The summed E-state index contributed by atoms with van der Waals surface area (Å²) in [6.45, 7) is 8.92. The number of ether oxygens (including phenoxy) is 1. The first-order chi connectivity index (χ1) is 28.0. The number of imide groups is 1. The Morgan fingerprint density at radius 3 is 2.46 bits per heavy atom. The number of hydrogen-bond donors (Lipinski definition) is 3. The van der Waals surface area contributed by atoms with E-state index in [1.165, 1.54) is 6.07 Å². The van der Waals surface area contributed by atoms with Crippen molar-refractivity contribution in [2.24, 2.45) is 0 Å². The van der Waals surface area contributed by atoms with Crippen LogP contribution in [0.25, 0.3) is 0 Å². The van der Waals surface area contributed by atoms with Crippen LogP contribution in [0.2, 0.25) is 0 Å². The number of nitrogens with zero attached hydrogens (tertiary/aromatic N) is 5. The smallest absolute Gasteiger partial charge is 0.417 e. The van der Waals surface area contributed by atoms with Crippen LogP contribution in [0.1, 0.15) is 69.1 Å². The molecule has 310 valence electrons. The Bertz CT molecular complexity index is 2220. The zero-order valence-corrected chi connectivity index (χ0v) is 33.7. The molecule has 3 aromatic rings. The van der Waals surface area contributed by atoms with Crippen molar-refractivity contribution in [3.8, 4) is 11.8 Å². The number of amides is 4. The number of benzene rings is 3. The molecule has 0 spiro atoms. The van der Waals surface area contributed by atoms with Crippen molar-refractivity contribution in [3.05, 3.63) is 77.4 Å². The fraction of sp³-hybridized carbons (Fsp3) is 0.429. The lowest BCUT2D eigenvalue weighted by Gasteiger charge is -2.39. The summed E-state index contributed by atoms with van der Waals surface area (Å²) >= 11 is 5.76. The number of hydrogen-bond acceptors (Lipinski definition) is 10. The molecule has 0 bridgehead atoms. The molecule has 3 N–H and O–H groups in total. The van der Waals surface area contributed by atoms with Crippen LogP contribution in [0.4, 0.5) is 35.9 Å². The monoisotopic (exact) mass is 830 g/mol. The first-order valence-corrected chi connectivity index (χ1v) is 20.0. The number of piperidine rings is 1. The first kappa shape index (κ1) is 41.6. The molecule has 2 unspecified atom stereocenters. The molecule has 59 heavy (non-hydrogen) atoms. The lowest BCUT2D eigenvalue weighted by molar-refractivity contribution is -0.138. The van der Waals surface area contributed by atoms with E-state index in [9.17, 15) is 37.6 Å². The molecule has 3 saturated heterocycles. The molecule has 3 aliphatic heterocycles. The van der Waals surface area contributed by atoms with E-state index >= 15 is 0 Å². The Hall–Kier alpha value is -5.57. The molecule has 2 atom stereocenters. The predicted molar refractivity (Wildman–Crippen MR) is 219 cm³/mol. The van der Waals surface area contributed by atoms with Crippen LogP contribution in [0.5, 0.6) is 5.75 Å². The second kappa shape index (κ2) is 16.6. The Balaban J connectivity index is 0.930. The van der Waals surface area contributed by atoms with E-state index in [0.717, 1.165) is 54.3 Å². The highest BCUT2D eigenvalue weighted by Gasteiger charge is 2.51. The molecule has 1 aliphatic carbocycles. The number of carbonyl (C=O) groups is 4. The second-order valence-corrected chi connectivity index (χ2v) is 16.3. The van der Waals surface area contributed by atoms with E-state index in [-0.39, 0.29) is 53.4 Å². The highest BCUT2D eigenvalue weighted by Crippen LogP contribution is 2.47. The highest BCUT2D eigenvalue weighted by atomic mass is 32.1. The molecule has 4 fully saturated rings. The van der Waals surface area contributed by atoms with E-state index in [0.29, 0.717) is 43.2 Å². The summed E-state index contributed by atoms with van der Waals surface area (Å²) in [6.07, 6.45) is -2.18. The topological polar surface area (TPSA) is 150 Å². The summed E-state index contributed by atoms with van der Waals surface area (Å²) in [4.78, 5) is 57.6. The van der Waals surface area contributed by atoms with Crippen molar-refractivity contribution < 1.29 is 37.1 Å². The number of thiocarbonyl (C=S) groups is 1. The van der Waals surface area contributed by atoms with Crippen LogP contribution in [-0.4, -0.2) is 95.5 Å². The average Bonchev–Trinajstić information content (AvgIpc) is 4.01. The Morgan fingerprint density at radius 2 is 1.76 bits per heavy atom. The molecule has 13 nitrogen and oxygen atoms in total. The van der Waals surface area contributed by atoms with Crippen LogP contribution in [0, 0.1) is 11.3 Å². The van der Waals surface area contributed by atoms with Gasteiger partial charge in [-0.1, -0.05) is 6.07 Å². The fourth-order valence-electron chi connectivity index (χ4n) is 7.88. The Morgan fingerprint density at radius 1 is 1.02 bits per heavy atom. The van der Waals surface area contributed by atoms with E-state index in [4.69, 9.17) is 17.0 Å². The van der Waals surface area contributed by atoms with Gasteiger partial charge in [-0.25, -0.2) is 0 Å². The molecule has 0 aromatic heterocycles. The molecule has 17 heteroatoms. The van der Waals surface area contributed by atoms with Gasteiger partial charge in [-0.05, 0) is 118 Å². The van der Waals surface area contributed by atoms with Gasteiger partial charge in [0.25, 0.3) is 5.91 Å². The summed E-state index contributed by atoms with van der Waals surface area (Å²) < 4.78 is 47.8. The number of alkyl halides is 3. The van der Waals surface area contributed by atoms with Crippen LogP contribution in [-0.2, 0) is 25.4 Å². The number of carbonyl (C=O) groups excluding carboxylic acids is 4. The van der Waals surface area contributed by atoms with Crippen LogP contribution < -0.4 is 30.5 Å². The largest absolute Gasteiger partial charge is 0.492 e. The molecule has 3 aromatic carbocycles. The molecule has 3 heterocycles. The van der Waals surface area contributed by atoms with Crippen molar-refractivity contribution in [2.75, 3.05) is 59.8 Å². The molecule has 4 amide bonds. The van der Waals surface area contributed by atoms with Crippen molar-refractivity contribution in [1.29, 1.82) is 5.26 Å². The zero-order chi connectivity index (χ0) is 42.2. The van der Waals surface area contributed by atoms with Gasteiger partial charge in [-0.3, -0.25) is 39.2 Å². The van der Waals surface area contributed by atoms with Gasteiger partial charge in [0.15, 0.2) is 5.11 Å². The number of nitriles is 1. The van der Waals surface area contributed by atoms with Crippen molar-refractivity contribution >= 4 is 63.7 Å². The molecule has 4 aliphatic rings. The molecular formula is C42H45F3N8O5S. The Kier molecular flexibility index (Phi) is 11.7. The summed E-state index contributed by atoms with van der Waals surface area (Å²) in [5.74, 6) is -0.298. The summed E-state index contributed by atoms with van der Waals surface area (Å²) in [5.41, 5.74) is -0.0859. The standard InChI is InChI=1S/C42H45F3N8O5S/c1-25-23-50(15-16-51(25)24-37(55)48-29-6-4-5-28(19-29)47-34-12-14-36(54)49-38(34)56)17-18-58-35-13-11-31(20-32(35)26-7-8-26)53-40(59)52(39(57)41(53,2)3)30-10-9-27(22-46)33(21-30)42(43,44)45/h4-6,9-11,13,19-21,25-26,34,47H,7-8,12,14-18,23-24H2,1-3H3,(H,48,55)(H,49,54,56). The second-order valence-electron chi connectivity index (χ2n) is 15.9. The minimum atomic E-state index is -4.79. The number of nitrogens with one attached hydrogen (secondary N) is 3. The SMILES string of the molecule is CC1CN(CCOc2ccc(N3C(=S)N(c4ccc(C#N)c(C(F)(F)F)c4)C(=O)C3(C)C)cc2C2CC2)CCN1CC(=O)Nc1cccc(NC2CCC(=O)NC2=O)c1. The van der Waals surface area contributed by atoms with Gasteiger partial charge < -0.3 is 20.3 Å². The quantitative estimate of drug-likeness (QED) is 0.155. The third-order valence-electron chi connectivity index (χ3n) is 11.2. The maximum atomic E-state index is 13.8. The maximum absolute atomic E-state index is 13.8. The van der Waals surface area contributed by atoms with Gasteiger partial charge >= 0.3 is 6.18 Å². The predicted octanol–water partition coefficient (Wildman–Crippen LogP) is 5.61. The van der Waals surface area contributed by atoms with E-state index in [1.807, 2.05) is 18.2 Å². The summed E-state index contributed by atoms with van der Waals surface area (Å²) in [7, 11) is 0. The van der Waals surface area contributed by atoms with Gasteiger partial charge in [-0.2, -0.15) is 18.4 Å². The number of piperazine rings is 1. The molecule has 7 rings (SSSR count). The van der Waals surface area contributed by atoms with Crippen molar-refractivity contribution in [2.45, 2.75) is 76.2 Å². The molecule has 0 radical (unpaired) electrons. The number of halogens is 3. The third-order valence-corrected chi connectivity index (χ3v) is 11.6. The average molecular weight is 831 g/mol. The van der Waals surface area contributed by atoms with Gasteiger partial charge in [-0.15, -0.1) is 0 Å². The van der Waals surface area contributed by atoms with Crippen LogP contribution >= 0.6 is 12.2 Å². The first-order valence-electron chi connectivity index (χ1n) is 19.6. The minimum absolute atomic E-state index is 0.0347. The minimum Gasteiger partial charge on any atom is -0.492 e. The number of rotatable bonds is 12. The fourth-order valence-corrected chi connectivity index (χ4v) is 8.40. The summed E-state index contributed by atoms with van der Waals surface area (Å²) in [6, 6.07) is 17.1. The van der Waals surface area contributed by atoms with Crippen LogP contribution in [0.15, 0.2) is 60.7 Å². The normalized spacial score (nSPS) is 21.3.